The van der Waals surface area contributed by atoms with E-state index in [9.17, 15) is 9.59 Å². The van der Waals surface area contributed by atoms with Gasteiger partial charge in [0.05, 0.1) is 22.9 Å². The highest BCUT2D eigenvalue weighted by atomic mass is 79.9. The summed E-state index contributed by atoms with van der Waals surface area (Å²) >= 11 is 3.32. The molecule has 2 aromatic rings. The van der Waals surface area contributed by atoms with Crippen LogP contribution in [0.5, 0.6) is 5.75 Å². The summed E-state index contributed by atoms with van der Waals surface area (Å²) in [5.74, 6) is -0.158. The molecule has 0 aromatic heterocycles. The molecule has 0 unspecified atom stereocenters. The lowest BCUT2D eigenvalue weighted by Gasteiger charge is -2.19. The van der Waals surface area contributed by atoms with Gasteiger partial charge in [-0.3, -0.25) is 9.59 Å². The number of anilines is 2. The summed E-state index contributed by atoms with van der Waals surface area (Å²) in [5, 5.41) is 14.3. The Balaban J connectivity index is 1.88. The molecule has 1 aliphatic rings. The van der Waals surface area contributed by atoms with Crippen molar-refractivity contribution >= 4 is 39.1 Å². The molecule has 0 bridgehead atoms. The molecule has 0 radical (unpaired) electrons. The van der Waals surface area contributed by atoms with Crippen molar-refractivity contribution in [1.29, 1.82) is 5.26 Å². The van der Waals surface area contributed by atoms with Gasteiger partial charge in [-0.15, -0.1) is 0 Å². The van der Waals surface area contributed by atoms with Crippen LogP contribution in [0.15, 0.2) is 40.9 Å². The predicted molar refractivity (Wildman–Crippen MR) is 87.4 cm³/mol. The van der Waals surface area contributed by atoms with Crippen molar-refractivity contribution in [3.8, 4) is 11.8 Å². The number of nitrogens with zero attached hydrogens (tertiary/aromatic N) is 1. The zero-order valence-corrected chi connectivity index (χ0v) is 13.3. The van der Waals surface area contributed by atoms with E-state index in [0.29, 0.717) is 32.7 Å². The fourth-order valence-electron chi connectivity index (χ4n) is 2.14. The van der Waals surface area contributed by atoms with Crippen LogP contribution >= 0.6 is 15.9 Å². The SMILES string of the molecule is N#Cc1cccc(NC(=O)c2cc3c(cc2Br)NC(=O)CO3)c1. The maximum Gasteiger partial charge on any atom is 0.262 e. The summed E-state index contributed by atoms with van der Waals surface area (Å²) < 4.78 is 5.84. The molecule has 7 heteroatoms. The number of nitriles is 1. The second kappa shape index (κ2) is 6.10. The third-order valence-corrected chi connectivity index (χ3v) is 3.85. The van der Waals surface area contributed by atoms with E-state index in [4.69, 9.17) is 10.00 Å². The number of amides is 2. The number of rotatable bonds is 2. The van der Waals surface area contributed by atoms with E-state index < -0.39 is 0 Å². The van der Waals surface area contributed by atoms with Crippen LogP contribution in [0.1, 0.15) is 15.9 Å². The predicted octanol–water partition coefficient (Wildman–Crippen LogP) is 2.90. The van der Waals surface area contributed by atoms with E-state index in [-0.39, 0.29) is 18.4 Å². The molecule has 0 saturated heterocycles. The average molecular weight is 372 g/mol. The van der Waals surface area contributed by atoms with Crippen LogP contribution in [0.4, 0.5) is 11.4 Å². The number of carbonyl (C=O) groups excluding carboxylic acids is 2. The molecule has 2 N–H and O–H groups in total. The lowest BCUT2D eigenvalue weighted by molar-refractivity contribution is -0.118. The van der Waals surface area contributed by atoms with E-state index >= 15 is 0 Å². The van der Waals surface area contributed by atoms with Crippen molar-refractivity contribution in [2.45, 2.75) is 0 Å². The normalized spacial score (nSPS) is 12.4. The number of hydrogen-bond acceptors (Lipinski definition) is 4. The van der Waals surface area contributed by atoms with E-state index in [1.54, 1.807) is 36.4 Å². The Morgan fingerprint density at radius 1 is 1.35 bits per heavy atom. The lowest BCUT2D eigenvalue weighted by atomic mass is 10.1. The number of hydrogen-bond donors (Lipinski definition) is 2. The standard InChI is InChI=1S/C16H10BrN3O3/c17-12-6-13-14(23-8-15(21)20-13)5-11(12)16(22)19-10-3-1-2-9(4-10)7-18/h1-6H,8H2,(H,19,22)(H,20,21). The minimum atomic E-state index is -0.352. The van der Waals surface area contributed by atoms with Gasteiger partial charge >= 0.3 is 0 Å². The first-order chi connectivity index (χ1) is 11.1. The van der Waals surface area contributed by atoms with Gasteiger partial charge in [0, 0.05) is 10.2 Å². The summed E-state index contributed by atoms with van der Waals surface area (Å²) in [6, 6.07) is 11.8. The van der Waals surface area contributed by atoms with E-state index in [2.05, 4.69) is 26.6 Å². The number of halogens is 1. The average Bonchev–Trinajstić information content (AvgIpc) is 2.54. The summed E-state index contributed by atoms with van der Waals surface area (Å²) in [4.78, 5) is 23.7. The Bertz CT molecular complexity index is 858. The Morgan fingerprint density at radius 2 is 2.17 bits per heavy atom. The first kappa shape index (κ1) is 15.1. The van der Waals surface area contributed by atoms with E-state index in [1.807, 2.05) is 6.07 Å². The molecule has 0 spiro atoms. The Labute approximate surface area is 140 Å². The number of nitrogens with one attached hydrogen (secondary N) is 2. The molecule has 6 nitrogen and oxygen atoms in total. The molecular weight excluding hydrogens is 362 g/mol. The van der Waals surface area contributed by atoms with Crippen molar-refractivity contribution in [2.75, 3.05) is 17.2 Å². The molecule has 0 aliphatic carbocycles. The molecule has 0 fully saturated rings. The van der Waals surface area contributed by atoms with Crippen molar-refractivity contribution in [3.63, 3.8) is 0 Å². The minimum absolute atomic E-state index is 0.0834. The van der Waals surface area contributed by atoms with Gasteiger partial charge in [0.1, 0.15) is 5.75 Å². The van der Waals surface area contributed by atoms with Crippen LogP contribution in [0.25, 0.3) is 0 Å². The lowest BCUT2D eigenvalue weighted by Crippen LogP contribution is -2.26. The van der Waals surface area contributed by atoms with Gasteiger partial charge in [0.2, 0.25) is 0 Å². The zero-order chi connectivity index (χ0) is 16.4. The zero-order valence-electron chi connectivity index (χ0n) is 11.7. The summed E-state index contributed by atoms with van der Waals surface area (Å²) in [6.45, 7) is -0.0834. The maximum atomic E-state index is 12.4. The van der Waals surface area contributed by atoms with Crippen molar-refractivity contribution in [3.05, 3.63) is 52.0 Å². The number of ether oxygens (including phenoxy) is 1. The summed E-state index contributed by atoms with van der Waals surface area (Å²) in [7, 11) is 0. The highest BCUT2D eigenvalue weighted by Gasteiger charge is 2.20. The van der Waals surface area contributed by atoms with Crippen LogP contribution in [0, 0.1) is 11.3 Å². The van der Waals surface area contributed by atoms with Crippen molar-refractivity contribution in [2.24, 2.45) is 0 Å². The van der Waals surface area contributed by atoms with Gasteiger partial charge in [-0.1, -0.05) is 6.07 Å². The van der Waals surface area contributed by atoms with Crippen molar-refractivity contribution in [1.82, 2.24) is 0 Å². The second-order valence-electron chi connectivity index (χ2n) is 4.81. The molecule has 23 heavy (non-hydrogen) atoms. The minimum Gasteiger partial charge on any atom is -0.482 e. The van der Waals surface area contributed by atoms with Crippen LogP contribution in [-0.4, -0.2) is 18.4 Å². The van der Waals surface area contributed by atoms with Crippen LogP contribution in [-0.2, 0) is 4.79 Å². The molecule has 0 saturated carbocycles. The maximum absolute atomic E-state index is 12.4. The Morgan fingerprint density at radius 3 is 2.96 bits per heavy atom. The Kier molecular flexibility index (Phi) is 4.00. The van der Waals surface area contributed by atoms with E-state index in [0.717, 1.165) is 0 Å². The molecular formula is C16H10BrN3O3. The quantitative estimate of drug-likeness (QED) is 0.848. The van der Waals surface area contributed by atoms with E-state index in [1.165, 1.54) is 0 Å². The largest absolute Gasteiger partial charge is 0.482 e. The van der Waals surface area contributed by atoms with Gasteiger partial charge in [-0.2, -0.15) is 5.26 Å². The molecule has 0 atom stereocenters. The highest BCUT2D eigenvalue weighted by Crippen LogP contribution is 2.34. The van der Waals surface area contributed by atoms with Gasteiger partial charge in [-0.25, -0.2) is 0 Å². The number of benzene rings is 2. The Hall–Kier alpha value is -2.85. The number of carbonyl (C=O) groups is 2. The first-order valence-electron chi connectivity index (χ1n) is 6.64. The first-order valence-corrected chi connectivity index (χ1v) is 7.44. The van der Waals surface area contributed by atoms with Gasteiger partial charge in [-0.05, 0) is 46.3 Å². The van der Waals surface area contributed by atoms with Crippen LogP contribution in [0.2, 0.25) is 0 Å². The second-order valence-corrected chi connectivity index (χ2v) is 5.67. The van der Waals surface area contributed by atoms with Crippen molar-refractivity contribution < 1.29 is 14.3 Å². The van der Waals surface area contributed by atoms with Gasteiger partial charge in [0.15, 0.2) is 6.61 Å². The third kappa shape index (κ3) is 3.17. The molecule has 3 rings (SSSR count). The van der Waals surface area contributed by atoms with Gasteiger partial charge in [0.25, 0.3) is 11.8 Å². The summed E-state index contributed by atoms with van der Waals surface area (Å²) in [6.07, 6.45) is 0. The topological polar surface area (TPSA) is 91.2 Å². The number of fused-ring (bicyclic) bond motifs is 1. The molecule has 1 heterocycles. The fourth-order valence-corrected chi connectivity index (χ4v) is 2.66. The van der Waals surface area contributed by atoms with Crippen LogP contribution < -0.4 is 15.4 Å². The summed E-state index contributed by atoms with van der Waals surface area (Å²) in [5.41, 5.74) is 1.85. The third-order valence-electron chi connectivity index (χ3n) is 3.20. The smallest absolute Gasteiger partial charge is 0.262 e. The molecule has 114 valence electrons. The molecule has 2 amide bonds. The molecule has 1 aliphatic heterocycles. The van der Waals surface area contributed by atoms with Crippen LogP contribution in [0.3, 0.4) is 0 Å². The molecule has 2 aromatic carbocycles. The monoisotopic (exact) mass is 371 g/mol. The van der Waals surface area contributed by atoms with Gasteiger partial charge < -0.3 is 15.4 Å². The fraction of sp³-hybridized carbons (Fsp3) is 0.0625. The highest BCUT2D eigenvalue weighted by molar-refractivity contribution is 9.10.